The van der Waals surface area contributed by atoms with Gasteiger partial charge in [-0.05, 0) is 49.6 Å². The molecule has 0 spiro atoms. The van der Waals surface area contributed by atoms with E-state index in [0.717, 1.165) is 81.8 Å². The molecule has 2 fully saturated rings. The Labute approximate surface area is 247 Å². The van der Waals surface area contributed by atoms with E-state index in [4.69, 9.17) is 4.74 Å². The largest absolute Gasteiger partial charge is 0.495 e. The average molecular weight is 563 g/mol. The van der Waals surface area contributed by atoms with Crippen LogP contribution in [0.3, 0.4) is 0 Å². The van der Waals surface area contributed by atoms with Crippen LogP contribution in [0.25, 0.3) is 0 Å². The molecule has 7 heteroatoms. The van der Waals surface area contributed by atoms with E-state index in [9.17, 15) is 9.59 Å². The Hall–Kier alpha value is -3.22. The van der Waals surface area contributed by atoms with Crippen LogP contribution in [-0.4, -0.2) is 51.1 Å². The molecular formula is C34H50N4O3. The monoisotopic (exact) mass is 562 g/mol. The lowest BCUT2D eigenvalue weighted by molar-refractivity contribution is -0.116. The molecule has 2 aliphatic rings. The van der Waals surface area contributed by atoms with Crippen LogP contribution in [0.2, 0.25) is 0 Å². The maximum absolute atomic E-state index is 13.6. The summed E-state index contributed by atoms with van der Waals surface area (Å²) in [5.41, 5.74) is 3.38. The van der Waals surface area contributed by atoms with E-state index >= 15 is 0 Å². The second-order valence-corrected chi connectivity index (χ2v) is 11.6. The lowest BCUT2D eigenvalue weighted by atomic mass is 9.95. The molecule has 0 bridgehead atoms. The number of nitrogens with zero attached hydrogens (tertiary/aromatic N) is 2. The first-order valence-electron chi connectivity index (χ1n) is 16.0. The van der Waals surface area contributed by atoms with Gasteiger partial charge in [0.2, 0.25) is 5.91 Å². The molecule has 0 radical (unpaired) electrons. The van der Waals surface area contributed by atoms with Gasteiger partial charge in [-0.15, -0.1) is 0 Å². The Bertz CT molecular complexity index is 1110. The first-order valence-corrected chi connectivity index (χ1v) is 16.0. The van der Waals surface area contributed by atoms with E-state index in [2.05, 4.69) is 33.4 Å². The van der Waals surface area contributed by atoms with Gasteiger partial charge in [-0.3, -0.25) is 9.59 Å². The molecule has 4 rings (SSSR count). The summed E-state index contributed by atoms with van der Waals surface area (Å²) in [5, 5.41) is 6.37. The summed E-state index contributed by atoms with van der Waals surface area (Å²) >= 11 is 0. The van der Waals surface area contributed by atoms with Crippen LogP contribution in [0, 0.1) is 0 Å². The van der Waals surface area contributed by atoms with Gasteiger partial charge < -0.3 is 25.2 Å². The predicted octanol–water partition coefficient (Wildman–Crippen LogP) is 7.16. The normalized spacial score (nSPS) is 16.0. The molecule has 1 saturated heterocycles. The maximum atomic E-state index is 13.6. The van der Waals surface area contributed by atoms with Gasteiger partial charge in [-0.25, -0.2) is 0 Å². The zero-order valence-corrected chi connectivity index (χ0v) is 25.3. The van der Waals surface area contributed by atoms with Gasteiger partial charge in [0.1, 0.15) is 5.75 Å². The van der Waals surface area contributed by atoms with E-state index in [-0.39, 0.29) is 17.9 Å². The van der Waals surface area contributed by atoms with Crippen LogP contribution in [-0.2, 0) is 4.79 Å². The third kappa shape index (κ3) is 9.14. The molecule has 2 N–H and O–H groups in total. The number of hydrogen-bond acceptors (Lipinski definition) is 5. The number of para-hydroxylation sites is 2. The second kappa shape index (κ2) is 16.3. The molecule has 0 aromatic heterocycles. The topological polar surface area (TPSA) is 73.9 Å². The predicted molar refractivity (Wildman–Crippen MR) is 169 cm³/mol. The van der Waals surface area contributed by atoms with Crippen molar-refractivity contribution < 1.29 is 14.3 Å². The van der Waals surface area contributed by atoms with Crippen LogP contribution >= 0.6 is 0 Å². The summed E-state index contributed by atoms with van der Waals surface area (Å²) < 4.78 is 5.59. The number of unbranched alkanes of at least 4 members (excludes halogenated alkanes) is 6. The van der Waals surface area contributed by atoms with Crippen molar-refractivity contribution in [2.75, 3.05) is 48.4 Å². The quantitative estimate of drug-likeness (QED) is 0.239. The van der Waals surface area contributed by atoms with Crippen molar-refractivity contribution in [3.63, 3.8) is 0 Å². The molecule has 1 aliphatic carbocycles. The van der Waals surface area contributed by atoms with Gasteiger partial charge in [0.15, 0.2) is 0 Å². The van der Waals surface area contributed by atoms with Gasteiger partial charge in [-0.2, -0.15) is 0 Å². The van der Waals surface area contributed by atoms with Crippen molar-refractivity contribution >= 4 is 28.9 Å². The van der Waals surface area contributed by atoms with E-state index in [1.54, 1.807) is 7.11 Å². The number of carbonyl (C=O) groups is 2. The van der Waals surface area contributed by atoms with E-state index in [0.29, 0.717) is 17.7 Å². The molecule has 41 heavy (non-hydrogen) atoms. The van der Waals surface area contributed by atoms with Crippen LogP contribution in [0.4, 0.5) is 17.1 Å². The lowest BCUT2D eigenvalue weighted by Crippen LogP contribution is -2.47. The highest BCUT2D eigenvalue weighted by Gasteiger charge is 2.25. The molecule has 2 aromatic carbocycles. The Morgan fingerprint density at radius 3 is 2.20 bits per heavy atom. The molecule has 1 aliphatic heterocycles. The molecule has 224 valence electrons. The van der Waals surface area contributed by atoms with E-state index in [1.165, 1.54) is 38.5 Å². The number of hydrogen-bond donors (Lipinski definition) is 2. The summed E-state index contributed by atoms with van der Waals surface area (Å²) in [7, 11) is 1.71. The number of anilines is 3. The van der Waals surface area contributed by atoms with Gasteiger partial charge >= 0.3 is 0 Å². The van der Waals surface area contributed by atoms with E-state index < -0.39 is 0 Å². The highest BCUT2D eigenvalue weighted by atomic mass is 16.5. The number of piperazine rings is 1. The fourth-order valence-electron chi connectivity index (χ4n) is 6.13. The van der Waals surface area contributed by atoms with Gasteiger partial charge in [0.25, 0.3) is 5.91 Å². The number of methoxy groups -OCH3 is 1. The number of benzene rings is 2. The van der Waals surface area contributed by atoms with Crippen molar-refractivity contribution in [2.24, 2.45) is 0 Å². The number of amides is 2. The minimum Gasteiger partial charge on any atom is -0.495 e. The molecule has 2 amide bonds. The van der Waals surface area contributed by atoms with Crippen LogP contribution < -0.4 is 25.2 Å². The minimum atomic E-state index is -0.0396. The van der Waals surface area contributed by atoms with Crippen LogP contribution in [0.15, 0.2) is 42.5 Å². The van der Waals surface area contributed by atoms with Gasteiger partial charge in [0.05, 0.1) is 18.4 Å². The Balaban J connectivity index is 1.41. The number of carbonyl (C=O) groups excluding carboxylic acids is 2. The molecule has 0 atom stereocenters. The zero-order chi connectivity index (χ0) is 28.9. The molecule has 2 aromatic rings. The first-order chi connectivity index (χ1) is 20.1. The fraction of sp³-hybridized carbons (Fsp3) is 0.588. The van der Waals surface area contributed by atoms with E-state index in [1.807, 2.05) is 36.4 Å². The van der Waals surface area contributed by atoms with Gasteiger partial charge in [-0.1, -0.05) is 76.8 Å². The summed E-state index contributed by atoms with van der Waals surface area (Å²) in [4.78, 5) is 31.0. The Morgan fingerprint density at radius 2 is 1.49 bits per heavy atom. The Kier molecular flexibility index (Phi) is 12.2. The number of ether oxygens (including phenoxy) is 1. The third-order valence-corrected chi connectivity index (χ3v) is 8.52. The smallest absolute Gasteiger partial charge is 0.253 e. The molecule has 0 unspecified atom stereocenters. The molecule has 1 heterocycles. The minimum absolute atomic E-state index is 0.0235. The molecular weight excluding hydrogens is 512 g/mol. The van der Waals surface area contributed by atoms with Gasteiger partial charge in [0, 0.05) is 50.0 Å². The highest BCUT2D eigenvalue weighted by Crippen LogP contribution is 2.31. The number of rotatable bonds is 14. The van der Waals surface area contributed by atoms with Crippen molar-refractivity contribution in [1.29, 1.82) is 0 Å². The van der Waals surface area contributed by atoms with Crippen molar-refractivity contribution in [3.8, 4) is 5.75 Å². The molecule has 7 nitrogen and oxygen atoms in total. The standard InChI is InChI=1S/C34H50N4O3/c1-3-4-5-6-7-8-12-19-33(39)35-28-20-21-30(29(26-28)34(40)36-27-15-10-9-11-16-27)37-22-24-38(25-23-37)31-17-13-14-18-32(31)41-2/h13-14,17-18,20-21,26-27H,3-12,15-16,19,22-25H2,1-2H3,(H,35,39)(H,36,40). The Morgan fingerprint density at radius 1 is 0.829 bits per heavy atom. The van der Waals surface area contributed by atoms with Crippen molar-refractivity contribution in [2.45, 2.75) is 96.4 Å². The second-order valence-electron chi connectivity index (χ2n) is 11.6. The fourth-order valence-corrected chi connectivity index (χ4v) is 6.13. The summed E-state index contributed by atoms with van der Waals surface area (Å²) in [6, 6.07) is 14.2. The van der Waals surface area contributed by atoms with Crippen LogP contribution in [0.5, 0.6) is 5.75 Å². The van der Waals surface area contributed by atoms with Crippen molar-refractivity contribution in [3.05, 3.63) is 48.0 Å². The summed E-state index contributed by atoms with van der Waals surface area (Å²) in [6.45, 7) is 5.49. The average Bonchev–Trinajstić information content (AvgIpc) is 3.01. The first kappa shape index (κ1) is 30.7. The maximum Gasteiger partial charge on any atom is 0.253 e. The highest BCUT2D eigenvalue weighted by molar-refractivity contribution is 6.02. The lowest BCUT2D eigenvalue weighted by Gasteiger charge is -2.38. The third-order valence-electron chi connectivity index (χ3n) is 8.52. The molecule has 1 saturated carbocycles. The zero-order valence-electron chi connectivity index (χ0n) is 25.3. The number of nitrogens with one attached hydrogen (secondary N) is 2. The SMILES string of the molecule is CCCCCCCCCC(=O)Nc1ccc(N2CCN(c3ccccc3OC)CC2)c(C(=O)NC2CCCCC2)c1. The van der Waals surface area contributed by atoms with Crippen LogP contribution in [0.1, 0.15) is 101 Å². The summed E-state index contributed by atoms with van der Waals surface area (Å²) in [5.74, 6) is 0.864. The van der Waals surface area contributed by atoms with Crippen molar-refractivity contribution in [1.82, 2.24) is 5.32 Å². The summed E-state index contributed by atoms with van der Waals surface area (Å²) in [6.07, 6.45) is 14.4.